The van der Waals surface area contributed by atoms with E-state index in [0.717, 1.165) is 53.0 Å². The van der Waals surface area contributed by atoms with Crippen molar-refractivity contribution in [1.82, 2.24) is 19.7 Å². The summed E-state index contributed by atoms with van der Waals surface area (Å²) in [6.45, 7) is 7.94. The number of carbonyl (C=O) groups is 1. The Morgan fingerprint density at radius 2 is 2.06 bits per heavy atom. The number of benzene rings is 2. The minimum absolute atomic E-state index is 0.0523. The molecule has 34 heavy (non-hydrogen) atoms. The fourth-order valence-electron chi connectivity index (χ4n) is 4.17. The highest BCUT2D eigenvalue weighted by molar-refractivity contribution is 7.99. The van der Waals surface area contributed by atoms with Crippen LogP contribution in [0.15, 0.2) is 47.6 Å². The van der Waals surface area contributed by atoms with Gasteiger partial charge in [0.25, 0.3) is 0 Å². The maximum absolute atomic E-state index is 13.4. The molecule has 1 aromatic heterocycles. The number of amides is 1. The van der Waals surface area contributed by atoms with Gasteiger partial charge in [-0.15, -0.1) is 10.2 Å². The second kappa shape index (κ2) is 11.1. The van der Waals surface area contributed by atoms with Gasteiger partial charge in [0.05, 0.1) is 24.7 Å². The molecule has 1 atom stereocenters. The molecule has 2 heterocycles. The van der Waals surface area contributed by atoms with Gasteiger partial charge in [0, 0.05) is 19.7 Å². The Balaban J connectivity index is 1.51. The minimum Gasteiger partial charge on any atom is -0.497 e. The molecule has 180 valence electrons. The van der Waals surface area contributed by atoms with Crippen LogP contribution in [0.25, 0.3) is 5.69 Å². The minimum atomic E-state index is 0.0523. The largest absolute Gasteiger partial charge is 0.497 e. The van der Waals surface area contributed by atoms with Crippen molar-refractivity contribution in [1.29, 1.82) is 0 Å². The van der Waals surface area contributed by atoms with Crippen LogP contribution in [-0.2, 0) is 16.1 Å². The first kappa shape index (κ1) is 24.3. The number of carbonyl (C=O) groups excluding carboxylic acids is 1. The lowest BCUT2D eigenvalue weighted by Gasteiger charge is -2.26. The highest BCUT2D eigenvalue weighted by Gasteiger charge is 2.24. The van der Waals surface area contributed by atoms with Crippen LogP contribution in [0.4, 0.5) is 0 Å². The van der Waals surface area contributed by atoms with Crippen molar-refractivity contribution in [3.63, 3.8) is 0 Å². The van der Waals surface area contributed by atoms with E-state index in [1.165, 1.54) is 17.3 Å². The van der Waals surface area contributed by atoms with Gasteiger partial charge in [0.15, 0.2) is 5.16 Å². The summed E-state index contributed by atoms with van der Waals surface area (Å²) in [4.78, 5) is 15.3. The van der Waals surface area contributed by atoms with Crippen LogP contribution in [0, 0.1) is 20.8 Å². The zero-order valence-corrected chi connectivity index (χ0v) is 21.1. The quantitative estimate of drug-likeness (QED) is 0.420. The first-order chi connectivity index (χ1) is 16.4. The molecule has 1 saturated heterocycles. The van der Waals surface area contributed by atoms with Gasteiger partial charge in [-0.05, 0) is 68.5 Å². The molecule has 0 N–H and O–H groups in total. The number of nitrogens with zero attached hydrogens (tertiary/aromatic N) is 4. The number of ether oxygens (including phenoxy) is 2. The smallest absolute Gasteiger partial charge is 0.233 e. The molecule has 1 amide bonds. The third-order valence-electron chi connectivity index (χ3n) is 6.03. The average molecular weight is 481 g/mol. The first-order valence-electron chi connectivity index (χ1n) is 11.6. The summed E-state index contributed by atoms with van der Waals surface area (Å²) in [5, 5.41) is 9.38. The fourth-order valence-corrected chi connectivity index (χ4v) is 5.06. The van der Waals surface area contributed by atoms with E-state index in [1.807, 2.05) is 40.7 Å². The maximum Gasteiger partial charge on any atom is 0.233 e. The predicted octanol–water partition coefficient (Wildman–Crippen LogP) is 4.50. The van der Waals surface area contributed by atoms with Gasteiger partial charge >= 0.3 is 0 Å². The summed E-state index contributed by atoms with van der Waals surface area (Å²) < 4.78 is 13.2. The summed E-state index contributed by atoms with van der Waals surface area (Å²) in [7, 11) is 1.65. The average Bonchev–Trinajstić information content (AvgIpc) is 3.48. The van der Waals surface area contributed by atoms with Gasteiger partial charge < -0.3 is 14.4 Å². The first-order valence-corrected chi connectivity index (χ1v) is 12.6. The molecule has 0 radical (unpaired) electrons. The molecule has 1 unspecified atom stereocenters. The Labute approximate surface area is 205 Å². The van der Waals surface area contributed by atoms with Gasteiger partial charge in [-0.1, -0.05) is 36.0 Å². The lowest BCUT2D eigenvalue weighted by Crippen LogP contribution is -2.38. The van der Waals surface area contributed by atoms with Crippen molar-refractivity contribution in [3.8, 4) is 11.4 Å². The standard InChI is InChI=1S/C26H32N4O3S/c1-18-10-11-19(2)24(13-18)30-20(3)27-28-26(30)34-17-25(31)29(16-23-9-6-12-33-23)15-21-7-5-8-22(14-21)32-4/h5,7-8,10-11,13-14,23H,6,9,12,15-17H2,1-4H3. The molecular weight excluding hydrogens is 448 g/mol. The highest BCUT2D eigenvalue weighted by Crippen LogP contribution is 2.26. The molecule has 8 heteroatoms. The molecule has 4 rings (SSSR count). The molecule has 7 nitrogen and oxygen atoms in total. The van der Waals surface area contributed by atoms with E-state index in [2.05, 4.69) is 42.2 Å². The van der Waals surface area contributed by atoms with Crippen molar-refractivity contribution in [2.24, 2.45) is 0 Å². The highest BCUT2D eigenvalue weighted by atomic mass is 32.2. The predicted molar refractivity (Wildman–Crippen MR) is 134 cm³/mol. The number of thioether (sulfide) groups is 1. The van der Waals surface area contributed by atoms with Gasteiger partial charge in [-0.25, -0.2) is 0 Å². The number of hydrogen-bond acceptors (Lipinski definition) is 6. The number of rotatable bonds is 9. The van der Waals surface area contributed by atoms with Crippen molar-refractivity contribution >= 4 is 17.7 Å². The van der Waals surface area contributed by atoms with Gasteiger partial charge in [-0.3, -0.25) is 9.36 Å². The zero-order chi connectivity index (χ0) is 24.1. The van der Waals surface area contributed by atoms with E-state index >= 15 is 0 Å². The topological polar surface area (TPSA) is 69.5 Å². The van der Waals surface area contributed by atoms with Crippen molar-refractivity contribution in [2.45, 2.75) is 51.4 Å². The summed E-state index contributed by atoms with van der Waals surface area (Å²) in [6.07, 6.45) is 2.11. The van der Waals surface area contributed by atoms with Gasteiger partial charge in [0.2, 0.25) is 5.91 Å². The lowest BCUT2D eigenvalue weighted by atomic mass is 10.1. The fraction of sp³-hybridized carbons (Fsp3) is 0.423. The van der Waals surface area contributed by atoms with Crippen LogP contribution in [0.3, 0.4) is 0 Å². The maximum atomic E-state index is 13.4. The lowest BCUT2D eigenvalue weighted by molar-refractivity contribution is -0.130. The van der Waals surface area contributed by atoms with Crippen molar-refractivity contribution in [2.75, 3.05) is 26.0 Å². The summed E-state index contributed by atoms with van der Waals surface area (Å²) in [5.41, 5.74) is 4.39. The molecular formula is C26H32N4O3S. The van der Waals surface area contributed by atoms with E-state index in [4.69, 9.17) is 9.47 Å². The van der Waals surface area contributed by atoms with Crippen LogP contribution in [0.5, 0.6) is 5.75 Å². The normalized spacial score (nSPS) is 15.5. The summed E-state index contributed by atoms with van der Waals surface area (Å²) >= 11 is 1.42. The molecule has 1 aliphatic heterocycles. The van der Waals surface area contributed by atoms with Crippen LogP contribution < -0.4 is 4.74 Å². The second-order valence-corrected chi connectivity index (χ2v) is 9.65. The van der Waals surface area contributed by atoms with E-state index in [-0.39, 0.29) is 17.8 Å². The Morgan fingerprint density at radius 1 is 1.21 bits per heavy atom. The number of hydrogen-bond donors (Lipinski definition) is 0. The summed E-state index contributed by atoms with van der Waals surface area (Å²) in [5.74, 6) is 1.92. The SMILES string of the molecule is COc1cccc(CN(CC2CCCO2)C(=O)CSc2nnc(C)n2-c2cc(C)ccc2C)c1. The molecule has 0 spiro atoms. The molecule has 3 aromatic rings. The third kappa shape index (κ3) is 5.80. The van der Waals surface area contributed by atoms with Crippen molar-refractivity contribution < 1.29 is 14.3 Å². The van der Waals surface area contributed by atoms with E-state index in [0.29, 0.717) is 13.1 Å². The molecule has 0 bridgehead atoms. The zero-order valence-electron chi connectivity index (χ0n) is 20.3. The van der Waals surface area contributed by atoms with Crippen LogP contribution in [0.2, 0.25) is 0 Å². The Hall–Kier alpha value is -2.84. The van der Waals surface area contributed by atoms with Crippen LogP contribution in [-0.4, -0.2) is 57.7 Å². The van der Waals surface area contributed by atoms with Gasteiger partial charge in [-0.2, -0.15) is 0 Å². The number of aryl methyl sites for hydroxylation is 3. The Kier molecular flexibility index (Phi) is 7.90. The molecule has 1 aliphatic rings. The molecule has 0 aliphatic carbocycles. The number of methoxy groups -OCH3 is 1. The van der Waals surface area contributed by atoms with Crippen LogP contribution >= 0.6 is 11.8 Å². The summed E-state index contributed by atoms with van der Waals surface area (Å²) in [6, 6.07) is 14.2. The Bertz CT molecular complexity index is 1140. The Morgan fingerprint density at radius 3 is 2.82 bits per heavy atom. The monoisotopic (exact) mass is 480 g/mol. The molecule has 0 saturated carbocycles. The number of aromatic nitrogens is 3. The van der Waals surface area contributed by atoms with E-state index in [1.54, 1.807) is 7.11 Å². The van der Waals surface area contributed by atoms with Gasteiger partial charge in [0.1, 0.15) is 11.6 Å². The third-order valence-corrected chi connectivity index (χ3v) is 6.95. The van der Waals surface area contributed by atoms with E-state index < -0.39 is 0 Å². The van der Waals surface area contributed by atoms with Crippen molar-refractivity contribution in [3.05, 3.63) is 65.0 Å². The second-order valence-electron chi connectivity index (χ2n) is 8.70. The molecule has 1 fully saturated rings. The van der Waals surface area contributed by atoms with E-state index in [9.17, 15) is 4.79 Å². The molecule has 2 aromatic carbocycles. The van der Waals surface area contributed by atoms with Crippen LogP contribution in [0.1, 0.15) is 35.4 Å².